The van der Waals surface area contributed by atoms with Gasteiger partial charge in [0.05, 0.1) is 19.8 Å². The van der Waals surface area contributed by atoms with Crippen molar-refractivity contribution in [2.24, 2.45) is 0 Å². The maximum absolute atomic E-state index is 13.1. The summed E-state index contributed by atoms with van der Waals surface area (Å²) in [6.45, 7) is 5.13. The van der Waals surface area contributed by atoms with Crippen LogP contribution in [0.3, 0.4) is 0 Å². The van der Waals surface area contributed by atoms with Gasteiger partial charge in [-0.3, -0.25) is 9.59 Å². The number of anilines is 1. The Morgan fingerprint density at radius 2 is 1.80 bits per heavy atom. The molecule has 0 bridgehead atoms. The maximum atomic E-state index is 13.1. The third-order valence-corrected chi connectivity index (χ3v) is 5.34. The van der Waals surface area contributed by atoms with Crippen molar-refractivity contribution in [1.82, 2.24) is 4.90 Å². The molecule has 30 heavy (non-hydrogen) atoms. The minimum absolute atomic E-state index is 0.0724. The van der Waals surface area contributed by atoms with E-state index in [-0.39, 0.29) is 18.4 Å². The number of fused-ring (bicyclic) bond motifs is 1. The van der Waals surface area contributed by atoms with E-state index in [9.17, 15) is 9.59 Å². The van der Waals surface area contributed by atoms with E-state index in [1.807, 2.05) is 25.1 Å². The van der Waals surface area contributed by atoms with Crippen molar-refractivity contribution < 1.29 is 23.8 Å². The highest BCUT2D eigenvalue weighted by Gasteiger charge is 2.26. The first-order valence-electron chi connectivity index (χ1n) is 10.3. The minimum atomic E-state index is -0.0884. The normalized spacial score (nSPS) is 15.6. The Hall–Kier alpha value is -3.06. The SMILES string of the molecule is CCOc1cc(C(=O)N2CCc3ccccc32)ccc1OCC(=O)N1CCOCC1. The highest BCUT2D eigenvalue weighted by atomic mass is 16.5. The summed E-state index contributed by atoms with van der Waals surface area (Å²) in [5.41, 5.74) is 2.66. The van der Waals surface area contributed by atoms with Crippen molar-refractivity contribution in [3.8, 4) is 11.5 Å². The third-order valence-electron chi connectivity index (χ3n) is 5.34. The molecular formula is C23H26N2O5. The van der Waals surface area contributed by atoms with Gasteiger partial charge >= 0.3 is 0 Å². The van der Waals surface area contributed by atoms with E-state index in [0.29, 0.717) is 56.5 Å². The number of amides is 2. The summed E-state index contributed by atoms with van der Waals surface area (Å²) in [6.07, 6.45) is 0.852. The fourth-order valence-electron chi connectivity index (χ4n) is 3.78. The van der Waals surface area contributed by atoms with Gasteiger partial charge in [-0.05, 0) is 43.2 Å². The molecule has 0 aromatic heterocycles. The van der Waals surface area contributed by atoms with Crippen LogP contribution in [0.15, 0.2) is 42.5 Å². The Bertz CT molecular complexity index is 924. The summed E-state index contributed by atoms with van der Waals surface area (Å²) in [5.74, 6) is 0.758. The molecule has 1 fully saturated rings. The lowest BCUT2D eigenvalue weighted by atomic mass is 10.1. The summed E-state index contributed by atoms with van der Waals surface area (Å²) < 4.78 is 16.7. The molecule has 7 heteroatoms. The largest absolute Gasteiger partial charge is 0.490 e. The van der Waals surface area contributed by atoms with Crippen LogP contribution in [0.1, 0.15) is 22.8 Å². The summed E-state index contributed by atoms with van der Waals surface area (Å²) in [7, 11) is 0. The van der Waals surface area contributed by atoms with Crippen LogP contribution in [-0.4, -0.2) is 62.8 Å². The monoisotopic (exact) mass is 410 g/mol. The fourth-order valence-corrected chi connectivity index (χ4v) is 3.78. The van der Waals surface area contributed by atoms with Crippen molar-refractivity contribution in [2.45, 2.75) is 13.3 Å². The molecule has 4 rings (SSSR count). The molecule has 0 radical (unpaired) electrons. The zero-order chi connectivity index (χ0) is 20.9. The Balaban J connectivity index is 1.47. The Morgan fingerprint density at radius 3 is 2.60 bits per heavy atom. The van der Waals surface area contributed by atoms with E-state index in [1.54, 1.807) is 28.0 Å². The predicted octanol–water partition coefficient (Wildman–Crippen LogP) is 2.53. The van der Waals surface area contributed by atoms with Crippen LogP contribution in [0.2, 0.25) is 0 Å². The minimum Gasteiger partial charge on any atom is -0.490 e. The molecule has 0 atom stereocenters. The van der Waals surface area contributed by atoms with Crippen molar-refractivity contribution in [3.63, 3.8) is 0 Å². The van der Waals surface area contributed by atoms with Crippen LogP contribution in [0.4, 0.5) is 5.69 Å². The van der Waals surface area contributed by atoms with E-state index in [0.717, 1.165) is 12.1 Å². The molecule has 0 spiro atoms. The van der Waals surface area contributed by atoms with E-state index < -0.39 is 0 Å². The van der Waals surface area contributed by atoms with Gasteiger partial charge in [0.1, 0.15) is 0 Å². The molecule has 0 unspecified atom stereocenters. The van der Waals surface area contributed by atoms with Gasteiger partial charge in [0.15, 0.2) is 18.1 Å². The van der Waals surface area contributed by atoms with Crippen LogP contribution >= 0.6 is 0 Å². The Kier molecular flexibility index (Phi) is 6.18. The quantitative estimate of drug-likeness (QED) is 0.732. The first-order chi connectivity index (χ1) is 14.7. The Labute approximate surface area is 176 Å². The van der Waals surface area contributed by atoms with Gasteiger partial charge < -0.3 is 24.0 Å². The maximum Gasteiger partial charge on any atom is 0.260 e. The highest BCUT2D eigenvalue weighted by Crippen LogP contribution is 2.32. The van der Waals surface area contributed by atoms with Crippen LogP contribution in [0, 0.1) is 0 Å². The van der Waals surface area contributed by atoms with Crippen molar-refractivity contribution in [3.05, 3.63) is 53.6 Å². The number of para-hydroxylation sites is 1. The molecule has 2 aliphatic heterocycles. The molecule has 158 valence electrons. The molecule has 2 aromatic carbocycles. The summed E-state index contributed by atoms with van der Waals surface area (Å²) >= 11 is 0. The van der Waals surface area contributed by atoms with E-state index in [2.05, 4.69) is 6.07 Å². The number of hydrogen-bond donors (Lipinski definition) is 0. The second-order valence-corrected chi connectivity index (χ2v) is 7.21. The molecule has 2 aliphatic rings. The summed E-state index contributed by atoms with van der Waals surface area (Å²) in [4.78, 5) is 29.0. The smallest absolute Gasteiger partial charge is 0.260 e. The molecule has 7 nitrogen and oxygen atoms in total. The zero-order valence-corrected chi connectivity index (χ0v) is 17.1. The van der Waals surface area contributed by atoms with Gasteiger partial charge in [-0.15, -0.1) is 0 Å². The van der Waals surface area contributed by atoms with Gasteiger partial charge in [-0.1, -0.05) is 18.2 Å². The number of nitrogens with zero attached hydrogens (tertiary/aromatic N) is 2. The van der Waals surface area contributed by atoms with Crippen molar-refractivity contribution in [2.75, 3.05) is 51.0 Å². The standard InChI is InChI=1S/C23H26N2O5/c1-2-29-21-15-18(23(27)25-10-9-17-5-3-4-6-19(17)25)7-8-20(21)30-16-22(26)24-11-13-28-14-12-24/h3-8,15H,2,9-14,16H2,1H3. The lowest BCUT2D eigenvalue weighted by molar-refractivity contribution is -0.137. The van der Waals surface area contributed by atoms with Gasteiger partial charge in [0.25, 0.3) is 11.8 Å². The average molecular weight is 410 g/mol. The van der Waals surface area contributed by atoms with Gasteiger partial charge in [-0.2, -0.15) is 0 Å². The van der Waals surface area contributed by atoms with Crippen LogP contribution < -0.4 is 14.4 Å². The van der Waals surface area contributed by atoms with Gasteiger partial charge in [-0.25, -0.2) is 0 Å². The first kappa shape index (κ1) is 20.2. The van der Waals surface area contributed by atoms with Crippen LogP contribution in [-0.2, 0) is 16.0 Å². The van der Waals surface area contributed by atoms with E-state index >= 15 is 0 Å². The lowest BCUT2D eigenvalue weighted by Crippen LogP contribution is -2.43. The molecule has 0 aliphatic carbocycles. The molecule has 1 saturated heterocycles. The number of hydrogen-bond acceptors (Lipinski definition) is 5. The number of carbonyl (C=O) groups excluding carboxylic acids is 2. The number of morpholine rings is 1. The number of rotatable bonds is 6. The summed E-state index contributed by atoms with van der Waals surface area (Å²) in [5, 5.41) is 0. The second-order valence-electron chi connectivity index (χ2n) is 7.21. The second kappa shape index (κ2) is 9.17. The van der Waals surface area contributed by atoms with E-state index in [1.165, 1.54) is 5.56 Å². The molecule has 2 amide bonds. The predicted molar refractivity (Wildman–Crippen MR) is 112 cm³/mol. The van der Waals surface area contributed by atoms with Crippen molar-refractivity contribution in [1.29, 1.82) is 0 Å². The lowest BCUT2D eigenvalue weighted by Gasteiger charge is -2.26. The molecule has 0 N–H and O–H groups in total. The number of benzene rings is 2. The van der Waals surface area contributed by atoms with Crippen molar-refractivity contribution >= 4 is 17.5 Å². The molecule has 0 saturated carbocycles. The average Bonchev–Trinajstić information content (AvgIpc) is 3.22. The topological polar surface area (TPSA) is 68.3 Å². The third kappa shape index (κ3) is 4.26. The fraction of sp³-hybridized carbons (Fsp3) is 0.391. The summed E-state index contributed by atoms with van der Waals surface area (Å²) in [6, 6.07) is 13.1. The Morgan fingerprint density at radius 1 is 1.00 bits per heavy atom. The highest BCUT2D eigenvalue weighted by molar-refractivity contribution is 6.07. The first-order valence-corrected chi connectivity index (χ1v) is 10.3. The van der Waals surface area contributed by atoms with Crippen LogP contribution in [0.5, 0.6) is 11.5 Å². The number of carbonyl (C=O) groups is 2. The number of ether oxygens (including phenoxy) is 3. The van der Waals surface area contributed by atoms with Gasteiger partial charge in [0.2, 0.25) is 0 Å². The molecule has 2 heterocycles. The molecule has 2 aromatic rings. The zero-order valence-electron chi connectivity index (χ0n) is 17.1. The van der Waals surface area contributed by atoms with Crippen LogP contribution in [0.25, 0.3) is 0 Å². The molecular weight excluding hydrogens is 384 g/mol. The van der Waals surface area contributed by atoms with E-state index in [4.69, 9.17) is 14.2 Å². The van der Waals surface area contributed by atoms with Gasteiger partial charge in [0, 0.05) is 30.9 Å².